The number of aromatic nitrogens is 1. The van der Waals surface area contributed by atoms with Crippen LogP contribution in [0, 0.1) is 0 Å². The number of nitrogens with two attached hydrogens (primary N) is 1. The van der Waals surface area contributed by atoms with Crippen LogP contribution in [0.2, 0.25) is 0 Å². The average molecular weight is 308 g/mol. The number of hydrogen-bond donors (Lipinski definition) is 3. The van der Waals surface area contributed by atoms with Crippen molar-refractivity contribution < 1.29 is 9.90 Å². The number of anilines is 2. The van der Waals surface area contributed by atoms with Crippen LogP contribution in [-0.4, -0.2) is 16.0 Å². The van der Waals surface area contributed by atoms with Crippen molar-refractivity contribution in [3.05, 3.63) is 46.7 Å². The molecule has 0 saturated heterocycles. The van der Waals surface area contributed by atoms with E-state index in [9.17, 15) is 9.90 Å². The maximum Gasteiger partial charge on any atom is 0.257 e. The third-order valence-corrected chi connectivity index (χ3v) is 2.67. The number of phenols is 1. The monoisotopic (exact) mass is 307 g/mol. The molecule has 0 aliphatic carbocycles. The number of phenolic OH excluding ortho intramolecular Hbond substituents is 1. The fraction of sp³-hybridized carbons (Fsp3) is 0. The average Bonchev–Trinajstić information content (AvgIpc) is 2.34. The summed E-state index contributed by atoms with van der Waals surface area (Å²) in [5.41, 5.74) is 6.68. The van der Waals surface area contributed by atoms with Crippen LogP contribution in [0.3, 0.4) is 0 Å². The first-order chi connectivity index (χ1) is 8.56. The number of nitrogens with zero attached hydrogens (tertiary/aromatic N) is 1. The van der Waals surface area contributed by atoms with Gasteiger partial charge in [0.15, 0.2) is 0 Å². The highest BCUT2D eigenvalue weighted by molar-refractivity contribution is 9.10. The number of aromatic hydroxyl groups is 1. The van der Waals surface area contributed by atoms with Crippen LogP contribution in [0.15, 0.2) is 41.1 Å². The van der Waals surface area contributed by atoms with E-state index in [-0.39, 0.29) is 17.3 Å². The minimum atomic E-state index is -0.371. The lowest BCUT2D eigenvalue weighted by atomic mass is 10.2. The van der Waals surface area contributed by atoms with Crippen LogP contribution in [0.25, 0.3) is 0 Å². The number of nitrogen functional groups attached to an aromatic ring is 1. The lowest BCUT2D eigenvalue weighted by Crippen LogP contribution is -2.12. The summed E-state index contributed by atoms with van der Waals surface area (Å²) < 4.78 is 0.701. The fourth-order valence-corrected chi connectivity index (χ4v) is 1.75. The van der Waals surface area contributed by atoms with Gasteiger partial charge in [-0.05, 0) is 40.2 Å². The molecule has 18 heavy (non-hydrogen) atoms. The van der Waals surface area contributed by atoms with Crippen LogP contribution < -0.4 is 11.1 Å². The Morgan fingerprint density at radius 1 is 1.33 bits per heavy atom. The molecule has 1 heterocycles. The Kier molecular flexibility index (Phi) is 3.47. The van der Waals surface area contributed by atoms with Crippen molar-refractivity contribution in [3.8, 4) is 5.75 Å². The van der Waals surface area contributed by atoms with Gasteiger partial charge in [0, 0.05) is 22.6 Å². The molecule has 2 aromatic rings. The highest BCUT2D eigenvalue weighted by Crippen LogP contribution is 2.25. The van der Waals surface area contributed by atoms with E-state index in [1.54, 1.807) is 18.3 Å². The first-order valence-electron chi connectivity index (χ1n) is 5.06. The Hall–Kier alpha value is -2.08. The number of amides is 1. The van der Waals surface area contributed by atoms with E-state index in [1.165, 1.54) is 18.3 Å². The maximum absolute atomic E-state index is 11.9. The zero-order chi connectivity index (χ0) is 13.1. The number of nitrogens with one attached hydrogen (secondary N) is 1. The van der Waals surface area contributed by atoms with Crippen molar-refractivity contribution in [2.45, 2.75) is 0 Å². The standard InChI is InChI=1S/C12H10BrN3O2/c13-8-3-7(5-15-6-8)12(18)16-10-4-9(14)1-2-11(10)17/h1-6,17H,14H2,(H,16,18). The van der Waals surface area contributed by atoms with Crippen LogP contribution in [-0.2, 0) is 0 Å². The Balaban J connectivity index is 2.24. The molecular weight excluding hydrogens is 298 g/mol. The summed E-state index contributed by atoms with van der Waals surface area (Å²) in [5.74, 6) is -0.412. The summed E-state index contributed by atoms with van der Waals surface area (Å²) in [6.07, 6.45) is 3.01. The van der Waals surface area contributed by atoms with E-state index in [4.69, 9.17) is 5.73 Å². The van der Waals surface area contributed by atoms with Gasteiger partial charge in [-0.25, -0.2) is 0 Å². The predicted octanol–water partition coefficient (Wildman–Crippen LogP) is 2.38. The molecule has 0 spiro atoms. The molecule has 0 atom stereocenters. The highest BCUT2D eigenvalue weighted by Gasteiger charge is 2.09. The lowest BCUT2D eigenvalue weighted by Gasteiger charge is -2.08. The molecule has 0 saturated carbocycles. The Labute approximate surface area is 112 Å². The molecule has 92 valence electrons. The number of pyridine rings is 1. The molecule has 1 amide bonds. The number of carbonyl (C=O) groups is 1. The van der Waals surface area contributed by atoms with E-state index in [0.29, 0.717) is 15.7 Å². The summed E-state index contributed by atoms with van der Waals surface area (Å²) in [5, 5.41) is 12.2. The smallest absolute Gasteiger partial charge is 0.257 e. The lowest BCUT2D eigenvalue weighted by molar-refractivity contribution is 0.102. The zero-order valence-corrected chi connectivity index (χ0v) is 10.8. The van der Waals surface area contributed by atoms with E-state index in [0.717, 1.165) is 0 Å². The minimum absolute atomic E-state index is 0.0412. The van der Waals surface area contributed by atoms with Gasteiger partial charge in [0.2, 0.25) is 0 Å². The Bertz CT molecular complexity index is 602. The van der Waals surface area contributed by atoms with Crippen LogP contribution in [0.4, 0.5) is 11.4 Å². The van der Waals surface area contributed by atoms with Crippen LogP contribution >= 0.6 is 15.9 Å². The number of hydrogen-bond acceptors (Lipinski definition) is 4. The zero-order valence-electron chi connectivity index (χ0n) is 9.22. The summed E-state index contributed by atoms with van der Waals surface area (Å²) in [6, 6.07) is 6.08. The molecule has 0 radical (unpaired) electrons. The summed E-state index contributed by atoms with van der Waals surface area (Å²) in [7, 11) is 0. The van der Waals surface area contributed by atoms with Gasteiger partial charge in [-0.1, -0.05) is 0 Å². The van der Waals surface area contributed by atoms with Gasteiger partial charge in [-0.3, -0.25) is 9.78 Å². The number of benzene rings is 1. The quantitative estimate of drug-likeness (QED) is 0.451. The van der Waals surface area contributed by atoms with Gasteiger partial charge < -0.3 is 16.2 Å². The molecule has 2 rings (SSSR count). The third-order valence-electron chi connectivity index (χ3n) is 2.24. The number of rotatable bonds is 2. The molecule has 1 aromatic carbocycles. The van der Waals surface area contributed by atoms with Crippen molar-refractivity contribution in [1.29, 1.82) is 0 Å². The Morgan fingerprint density at radius 2 is 2.11 bits per heavy atom. The molecule has 4 N–H and O–H groups in total. The normalized spacial score (nSPS) is 10.1. The van der Waals surface area contributed by atoms with Crippen molar-refractivity contribution in [1.82, 2.24) is 4.98 Å². The molecule has 1 aromatic heterocycles. The van der Waals surface area contributed by atoms with Gasteiger partial charge >= 0.3 is 0 Å². The molecule has 6 heteroatoms. The fourth-order valence-electron chi connectivity index (χ4n) is 1.38. The molecule has 0 aliphatic rings. The molecular formula is C12H10BrN3O2. The van der Waals surface area contributed by atoms with Crippen molar-refractivity contribution >= 4 is 33.2 Å². The Morgan fingerprint density at radius 3 is 2.83 bits per heavy atom. The highest BCUT2D eigenvalue weighted by atomic mass is 79.9. The largest absolute Gasteiger partial charge is 0.506 e. The summed E-state index contributed by atoms with van der Waals surface area (Å²) in [6.45, 7) is 0. The molecule has 0 unspecified atom stereocenters. The van der Waals surface area contributed by atoms with Gasteiger partial charge in [-0.2, -0.15) is 0 Å². The van der Waals surface area contributed by atoms with Gasteiger partial charge in [0.05, 0.1) is 11.3 Å². The molecule has 5 nitrogen and oxygen atoms in total. The second-order valence-corrected chi connectivity index (χ2v) is 4.54. The molecule has 0 bridgehead atoms. The van der Waals surface area contributed by atoms with Gasteiger partial charge in [-0.15, -0.1) is 0 Å². The molecule has 0 aliphatic heterocycles. The second-order valence-electron chi connectivity index (χ2n) is 3.62. The van der Waals surface area contributed by atoms with Crippen molar-refractivity contribution in [2.75, 3.05) is 11.1 Å². The topological polar surface area (TPSA) is 88.2 Å². The summed E-state index contributed by atoms with van der Waals surface area (Å²) >= 11 is 3.23. The van der Waals surface area contributed by atoms with Crippen LogP contribution in [0.5, 0.6) is 5.75 Å². The predicted molar refractivity (Wildman–Crippen MR) is 72.4 cm³/mol. The van der Waals surface area contributed by atoms with Crippen molar-refractivity contribution in [2.24, 2.45) is 0 Å². The first kappa shape index (κ1) is 12.4. The number of carbonyl (C=O) groups excluding carboxylic acids is 1. The maximum atomic E-state index is 11.9. The third kappa shape index (κ3) is 2.78. The van der Waals surface area contributed by atoms with Gasteiger partial charge in [0.25, 0.3) is 5.91 Å². The molecule has 0 fully saturated rings. The van der Waals surface area contributed by atoms with E-state index >= 15 is 0 Å². The SMILES string of the molecule is Nc1ccc(O)c(NC(=O)c2cncc(Br)c2)c1. The van der Waals surface area contributed by atoms with E-state index in [2.05, 4.69) is 26.2 Å². The number of halogens is 1. The van der Waals surface area contributed by atoms with E-state index in [1.807, 2.05) is 0 Å². The van der Waals surface area contributed by atoms with Gasteiger partial charge in [0.1, 0.15) is 5.75 Å². The first-order valence-corrected chi connectivity index (χ1v) is 5.86. The minimum Gasteiger partial charge on any atom is -0.506 e. The van der Waals surface area contributed by atoms with Crippen LogP contribution in [0.1, 0.15) is 10.4 Å². The summed E-state index contributed by atoms with van der Waals surface area (Å²) in [4.78, 5) is 15.8. The van der Waals surface area contributed by atoms with E-state index < -0.39 is 0 Å². The van der Waals surface area contributed by atoms with Crippen molar-refractivity contribution in [3.63, 3.8) is 0 Å². The second kappa shape index (κ2) is 5.05.